The van der Waals surface area contributed by atoms with E-state index in [0.717, 1.165) is 12.3 Å². The van der Waals surface area contributed by atoms with Crippen LogP contribution in [0.15, 0.2) is 29.2 Å². The van der Waals surface area contributed by atoms with Gasteiger partial charge in [-0.15, -0.1) is 0 Å². The smallest absolute Gasteiger partial charge is 0.243 e. The van der Waals surface area contributed by atoms with Crippen LogP contribution in [0.2, 0.25) is 0 Å². The van der Waals surface area contributed by atoms with Gasteiger partial charge in [-0.1, -0.05) is 20.3 Å². The maximum absolute atomic E-state index is 12.5. The SMILES string of the molecule is CCN(CC)S(=O)(=O)c1ccc(NC(=O)C2CC3CCC2C3)cc1. The van der Waals surface area contributed by atoms with Gasteiger partial charge in [-0.05, 0) is 55.4 Å². The van der Waals surface area contributed by atoms with E-state index in [4.69, 9.17) is 0 Å². The Morgan fingerprint density at radius 1 is 1.12 bits per heavy atom. The van der Waals surface area contributed by atoms with Crippen molar-refractivity contribution in [3.05, 3.63) is 24.3 Å². The van der Waals surface area contributed by atoms with Crippen LogP contribution >= 0.6 is 0 Å². The Hall–Kier alpha value is -1.40. The number of hydrogen-bond donors (Lipinski definition) is 1. The highest BCUT2D eigenvalue weighted by molar-refractivity contribution is 7.89. The lowest BCUT2D eigenvalue weighted by Crippen LogP contribution is -2.30. The second-order valence-corrected chi connectivity index (χ2v) is 8.82. The molecule has 0 heterocycles. The number of benzene rings is 1. The van der Waals surface area contributed by atoms with E-state index in [2.05, 4.69) is 5.32 Å². The number of nitrogens with one attached hydrogen (secondary N) is 1. The van der Waals surface area contributed by atoms with E-state index >= 15 is 0 Å². The van der Waals surface area contributed by atoms with Crippen molar-refractivity contribution < 1.29 is 13.2 Å². The third-order valence-electron chi connectivity index (χ3n) is 5.54. The highest BCUT2D eigenvalue weighted by atomic mass is 32.2. The number of nitrogens with zero attached hydrogens (tertiary/aromatic N) is 1. The number of fused-ring (bicyclic) bond motifs is 2. The molecule has 132 valence electrons. The van der Waals surface area contributed by atoms with Gasteiger partial charge in [0, 0.05) is 24.7 Å². The van der Waals surface area contributed by atoms with Crippen molar-refractivity contribution in [2.24, 2.45) is 17.8 Å². The Labute approximate surface area is 144 Å². The molecular weight excluding hydrogens is 324 g/mol. The third kappa shape index (κ3) is 3.22. The molecule has 1 N–H and O–H groups in total. The van der Waals surface area contributed by atoms with Crippen LogP contribution < -0.4 is 5.32 Å². The summed E-state index contributed by atoms with van der Waals surface area (Å²) in [7, 11) is -3.45. The fourth-order valence-electron chi connectivity index (χ4n) is 4.22. The van der Waals surface area contributed by atoms with Crippen LogP contribution in [-0.2, 0) is 14.8 Å². The molecular formula is C18H26N2O3S. The molecule has 2 bridgehead atoms. The molecule has 0 saturated heterocycles. The predicted molar refractivity (Wildman–Crippen MR) is 94.1 cm³/mol. The van der Waals surface area contributed by atoms with Gasteiger partial charge in [0.15, 0.2) is 0 Å². The molecule has 2 saturated carbocycles. The maximum Gasteiger partial charge on any atom is 0.243 e. The molecule has 1 aromatic rings. The summed E-state index contributed by atoms with van der Waals surface area (Å²) < 4.78 is 26.4. The van der Waals surface area contributed by atoms with E-state index < -0.39 is 10.0 Å². The fraction of sp³-hybridized carbons (Fsp3) is 0.611. The minimum Gasteiger partial charge on any atom is -0.326 e. The third-order valence-corrected chi connectivity index (χ3v) is 7.60. The molecule has 1 amide bonds. The number of carbonyl (C=O) groups is 1. The van der Waals surface area contributed by atoms with E-state index in [1.807, 2.05) is 13.8 Å². The zero-order valence-corrected chi connectivity index (χ0v) is 15.2. The molecule has 3 unspecified atom stereocenters. The van der Waals surface area contributed by atoms with Crippen molar-refractivity contribution in [2.75, 3.05) is 18.4 Å². The van der Waals surface area contributed by atoms with Crippen molar-refractivity contribution in [1.29, 1.82) is 0 Å². The molecule has 3 rings (SSSR count). The highest BCUT2D eigenvalue weighted by Crippen LogP contribution is 2.48. The van der Waals surface area contributed by atoms with Gasteiger partial charge in [-0.3, -0.25) is 4.79 Å². The summed E-state index contributed by atoms with van der Waals surface area (Å²) in [5.74, 6) is 1.48. The van der Waals surface area contributed by atoms with E-state index in [1.165, 1.54) is 23.6 Å². The monoisotopic (exact) mass is 350 g/mol. The van der Waals surface area contributed by atoms with Crippen molar-refractivity contribution in [3.63, 3.8) is 0 Å². The Kier molecular flexibility index (Phi) is 4.97. The topological polar surface area (TPSA) is 66.5 Å². The van der Waals surface area contributed by atoms with Gasteiger partial charge in [0.2, 0.25) is 15.9 Å². The largest absolute Gasteiger partial charge is 0.326 e. The second kappa shape index (κ2) is 6.84. The Balaban J connectivity index is 1.67. The van der Waals surface area contributed by atoms with Gasteiger partial charge in [0.05, 0.1) is 4.90 Å². The molecule has 24 heavy (non-hydrogen) atoms. The van der Waals surface area contributed by atoms with Crippen LogP contribution in [0.4, 0.5) is 5.69 Å². The standard InChI is InChI=1S/C18H26N2O3S/c1-3-20(4-2)24(22,23)16-9-7-15(8-10-16)19-18(21)17-12-13-5-6-14(17)11-13/h7-10,13-14,17H,3-6,11-12H2,1-2H3,(H,19,21). The van der Waals surface area contributed by atoms with E-state index in [1.54, 1.807) is 24.3 Å². The minimum atomic E-state index is -3.45. The number of anilines is 1. The lowest BCUT2D eigenvalue weighted by molar-refractivity contribution is -0.121. The van der Waals surface area contributed by atoms with Crippen LogP contribution in [0.3, 0.4) is 0 Å². The summed E-state index contributed by atoms with van der Waals surface area (Å²) in [6.45, 7) is 4.54. The first-order valence-electron chi connectivity index (χ1n) is 8.86. The van der Waals surface area contributed by atoms with Crippen LogP contribution in [0.25, 0.3) is 0 Å². The van der Waals surface area contributed by atoms with Gasteiger partial charge in [0.25, 0.3) is 0 Å². The van der Waals surface area contributed by atoms with E-state index in [0.29, 0.717) is 24.7 Å². The molecule has 3 atom stereocenters. The first-order valence-corrected chi connectivity index (χ1v) is 10.3. The first-order chi connectivity index (χ1) is 11.5. The number of carbonyl (C=O) groups excluding carboxylic acids is 1. The van der Waals surface area contributed by atoms with Crippen molar-refractivity contribution in [2.45, 2.75) is 44.4 Å². The minimum absolute atomic E-state index is 0.0848. The van der Waals surface area contributed by atoms with Gasteiger partial charge >= 0.3 is 0 Å². The summed E-state index contributed by atoms with van der Waals surface area (Å²) in [5, 5.41) is 2.96. The molecule has 0 aromatic heterocycles. The molecule has 2 aliphatic rings. The zero-order chi connectivity index (χ0) is 17.3. The zero-order valence-electron chi connectivity index (χ0n) is 14.4. The molecule has 2 aliphatic carbocycles. The number of amides is 1. The van der Waals surface area contributed by atoms with E-state index in [-0.39, 0.29) is 16.7 Å². The van der Waals surface area contributed by atoms with Gasteiger partial charge in [0.1, 0.15) is 0 Å². The van der Waals surface area contributed by atoms with Crippen LogP contribution in [-0.4, -0.2) is 31.7 Å². The predicted octanol–water partition coefficient (Wildman–Crippen LogP) is 3.09. The summed E-state index contributed by atoms with van der Waals surface area (Å²) in [6, 6.07) is 6.51. The second-order valence-electron chi connectivity index (χ2n) is 6.88. The van der Waals surface area contributed by atoms with E-state index in [9.17, 15) is 13.2 Å². The molecule has 5 nitrogen and oxygen atoms in total. The average molecular weight is 350 g/mol. The summed E-state index contributed by atoms with van der Waals surface area (Å²) in [6.07, 6.45) is 4.64. The average Bonchev–Trinajstić information content (AvgIpc) is 3.19. The van der Waals surface area contributed by atoms with Gasteiger partial charge in [-0.25, -0.2) is 8.42 Å². The maximum atomic E-state index is 12.5. The first kappa shape index (κ1) is 17.4. The molecule has 0 aliphatic heterocycles. The lowest BCUT2D eigenvalue weighted by atomic mass is 9.88. The molecule has 1 aromatic carbocycles. The number of rotatable bonds is 6. The van der Waals surface area contributed by atoms with Crippen LogP contribution in [0, 0.1) is 17.8 Å². The number of hydrogen-bond acceptors (Lipinski definition) is 3. The summed E-state index contributed by atoms with van der Waals surface area (Å²) in [5.41, 5.74) is 0.668. The highest BCUT2D eigenvalue weighted by Gasteiger charge is 2.43. The van der Waals surface area contributed by atoms with Crippen molar-refractivity contribution in [3.8, 4) is 0 Å². The summed E-state index contributed by atoms with van der Waals surface area (Å²) >= 11 is 0. The normalized spacial score (nSPS) is 26.0. The number of sulfonamides is 1. The van der Waals surface area contributed by atoms with Crippen LogP contribution in [0.1, 0.15) is 39.5 Å². The van der Waals surface area contributed by atoms with Crippen molar-refractivity contribution >= 4 is 21.6 Å². The Morgan fingerprint density at radius 3 is 2.29 bits per heavy atom. The van der Waals surface area contributed by atoms with Gasteiger partial charge in [-0.2, -0.15) is 4.31 Å². The quantitative estimate of drug-likeness (QED) is 0.857. The summed E-state index contributed by atoms with van der Waals surface area (Å²) in [4.78, 5) is 12.7. The Morgan fingerprint density at radius 2 is 1.79 bits per heavy atom. The lowest BCUT2D eigenvalue weighted by Gasteiger charge is -2.21. The molecule has 2 fully saturated rings. The molecule has 0 radical (unpaired) electrons. The van der Waals surface area contributed by atoms with Crippen LogP contribution in [0.5, 0.6) is 0 Å². The van der Waals surface area contributed by atoms with Crippen molar-refractivity contribution in [1.82, 2.24) is 4.31 Å². The fourth-order valence-corrected chi connectivity index (χ4v) is 5.68. The molecule has 0 spiro atoms. The Bertz CT molecular complexity index is 695. The molecule has 6 heteroatoms. The van der Waals surface area contributed by atoms with Gasteiger partial charge < -0.3 is 5.32 Å².